The molecule has 1 N–H and O–H groups in total. The fraction of sp³-hybridized carbons (Fsp3) is 0.267. The maximum Gasteiger partial charge on any atom is 0.328 e. The van der Waals surface area contributed by atoms with Crippen molar-refractivity contribution in [3.63, 3.8) is 0 Å². The van der Waals surface area contributed by atoms with E-state index in [1.807, 2.05) is 24.3 Å². The number of benzene rings is 1. The molecule has 1 aliphatic heterocycles. The van der Waals surface area contributed by atoms with Crippen LogP contribution in [-0.4, -0.2) is 33.3 Å². The number of carbonyl (C=O) groups excluding carboxylic acids is 1. The van der Waals surface area contributed by atoms with E-state index in [0.717, 1.165) is 17.7 Å². The number of anilines is 1. The second-order valence-electron chi connectivity index (χ2n) is 5.03. The topological polar surface area (TPSA) is 75.4 Å². The van der Waals surface area contributed by atoms with E-state index in [2.05, 4.69) is 5.10 Å². The second kappa shape index (κ2) is 5.05. The molecule has 21 heavy (non-hydrogen) atoms. The highest BCUT2D eigenvalue weighted by molar-refractivity contribution is 6.06. The predicted octanol–water partition coefficient (Wildman–Crippen LogP) is 1.73. The molecular formula is C15H15N3O3. The molecular weight excluding hydrogens is 270 g/mol. The number of hydrogen-bond acceptors (Lipinski definition) is 3. The van der Waals surface area contributed by atoms with Gasteiger partial charge >= 0.3 is 5.97 Å². The van der Waals surface area contributed by atoms with E-state index in [-0.39, 0.29) is 11.6 Å². The Morgan fingerprint density at radius 3 is 2.81 bits per heavy atom. The van der Waals surface area contributed by atoms with Crippen molar-refractivity contribution in [1.82, 2.24) is 9.78 Å². The van der Waals surface area contributed by atoms with Gasteiger partial charge in [0.1, 0.15) is 6.04 Å². The molecule has 0 bridgehead atoms. The number of carbonyl (C=O) groups is 2. The molecule has 6 nitrogen and oxygen atoms in total. The lowest BCUT2D eigenvalue weighted by molar-refractivity contribution is -0.140. The molecule has 2 heterocycles. The second-order valence-corrected chi connectivity index (χ2v) is 5.03. The molecule has 0 saturated heterocycles. The number of carboxylic acid groups (broad SMARTS) is 1. The number of carboxylic acids is 1. The standard InChI is InChI=1S/C15H15N3O3/c1-10(15(20)21)18-9-7-12(16-18)14(19)17-8-6-11-4-2-3-5-13(11)17/h2-5,7,9-10H,6,8H2,1H3,(H,20,21). The zero-order valence-corrected chi connectivity index (χ0v) is 11.6. The van der Waals surface area contributed by atoms with Crippen molar-refractivity contribution in [1.29, 1.82) is 0 Å². The molecule has 0 radical (unpaired) electrons. The van der Waals surface area contributed by atoms with Gasteiger partial charge in [-0.15, -0.1) is 0 Å². The minimum atomic E-state index is -0.983. The van der Waals surface area contributed by atoms with Crippen LogP contribution in [0.4, 0.5) is 5.69 Å². The van der Waals surface area contributed by atoms with Crippen molar-refractivity contribution >= 4 is 17.6 Å². The van der Waals surface area contributed by atoms with Gasteiger partial charge in [-0.1, -0.05) is 18.2 Å². The van der Waals surface area contributed by atoms with Crippen LogP contribution in [-0.2, 0) is 11.2 Å². The number of nitrogens with zero attached hydrogens (tertiary/aromatic N) is 3. The number of amides is 1. The molecule has 1 unspecified atom stereocenters. The third kappa shape index (κ3) is 2.29. The van der Waals surface area contributed by atoms with Gasteiger partial charge in [-0.3, -0.25) is 9.48 Å². The lowest BCUT2D eigenvalue weighted by Gasteiger charge is -2.15. The first-order valence-electron chi connectivity index (χ1n) is 6.75. The maximum atomic E-state index is 12.5. The SMILES string of the molecule is CC(C(=O)O)n1ccc(C(=O)N2CCc3ccccc32)n1. The van der Waals surface area contributed by atoms with E-state index in [9.17, 15) is 9.59 Å². The van der Waals surface area contributed by atoms with Gasteiger partial charge in [-0.2, -0.15) is 5.10 Å². The summed E-state index contributed by atoms with van der Waals surface area (Å²) in [5, 5.41) is 13.1. The molecule has 0 aliphatic carbocycles. The predicted molar refractivity (Wildman–Crippen MR) is 76.4 cm³/mol. The molecule has 2 aromatic rings. The summed E-state index contributed by atoms with van der Waals surface area (Å²) in [5.41, 5.74) is 2.31. The molecule has 6 heteroatoms. The van der Waals surface area contributed by atoms with E-state index in [4.69, 9.17) is 5.11 Å². The number of fused-ring (bicyclic) bond motifs is 1. The number of aliphatic carboxylic acids is 1. The quantitative estimate of drug-likeness (QED) is 0.932. The van der Waals surface area contributed by atoms with Gasteiger partial charge in [0.2, 0.25) is 0 Å². The lowest BCUT2D eigenvalue weighted by Crippen LogP contribution is -2.29. The molecule has 108 valence electrons. The van der Waals surface area contributed by atoms with Crippen molar-refractivity contribution in [2.45, 2.75) is 19.4 Å². The summed E-state index contributed by atoms with van der Waals surface area (Å²) in [7, 11) is 0. The monoisotopic (exact) mass is 285 g/mol. The van der Waals surface area contributed by atoms with E-state index in [1.54, 1.807) is 11.0 Å². The van der Waals surface area contributed by atoms with Crippen molar-refractivity contribution < 1.29 is 14.7 Å². The van der Waals surface area contributed by atoms with E-state index >= 15 is 0 Å². The van der Waals surface area contributed by atoms with E-state index in [0.29, 0.717) is 6.54 Å². The van der Waals surface area contributed by atoms with Crippen LogP contribution in [0.1, 0.15) is 29.0 Å². The summed E-state index contributed by atoms with van der Waals surface area (Å²) >= 11 is 0. The molecule has 1 atom stereocenters. The van der Waals surface area contributed by atoms with E-state index < -0.39 is 12.0 Å². The van der Waals surface area contributed by atoms with Crippen LogP contribution < -0.4 is 4.90 Å². The summed E-state index contributed by atoms with van der Waals surface area (Å²) in [6, 6.07) is 8.54. The highest BCUT2D eigenvalue weighted by Crippen LogP contribution is 2.28. The minimum Gasteiger partial charge on any atom is -0.480 e. The van der Waals surface area contributed by atoms with Crippen LogP contribution in [0.3, 0.4) is 0 Å². The number of para-hydroxylation sites is 1. The van der Waals surface area contributed by atoms with Crippen LogP contribution >= 0.6 is 0 Å². The molecule has 1 amide bonds. The van der Waals surface area contributed by atoms with E-state index in [1.165, 1.54) is 17.8 Å². The Hall–Kier alpha value is -2.63. The Labute approximate surface area is 121 Å². The lowest BCUT2D eigenvalue weighted by atomic mass is 10.2. The third-order valence-electron chi connectivity index (χ3n) is 3.71. The largest absolute Gasteiger partial charge is 0.480 e. The smallest absolute Gasteiger partial charge is 0.328 e. The van der Waals surface area contributed by atoms with Crippen molar-refractivity contribution in [2.75, 3.05) is 11.4 Å². The van der Waals surface area contributed by atoms with Gasteiger partial charge in [0, 0.05) is 18.4 Å². The van der Waals surface area contributed by atoms with Crippen molar-refractivity contribution in [3.05, 3.63) is 47.8 Å². The Bertz CT molecular complexity index is 708. The van der Waals surface area contributed by atoms with Crippen molar-refractivity contribution in [3.8, 4) is 0 Å². The Kier molecular flexibility index (Phi) is 3.21. The molecule has 3 rings (SSSR count). The van der Waals surface area contributed by atoms with Gasteiger partial charge in [0.15, 0.2) is 5.69 Å². The average Bonchev–Trinajstić information content (AvgIpc) is 3.12. The molecule has 1 aromatic heterocycles. The Balaban J connectivity index is 1.86. The summed E-state index contributed by atoms with van der Waals surface area (Å²) in [6.45, 7) is 2.15. The first-order valence-corrected chi connectivity index (χ1v) is 6.75. The highest BCUT2D eigenvalue weighted by Gasteiger charge is 2.27. The third-order valence-corrected chi connectivity index (χ3v) is 3.71. The van der Waals surface area contributed by atoms with Crippen LogP contribution in [0.5, 0.6) is 0 Å². The number of aromatic nitrogens is 2. The van der Waals surface area contributed by atoms with Gasteiger partial charge in [0.05, 0.1) is 0 Å². The first-order chi connectivity index (χ1) is 10.1. The first kappa shape index (κ1) is 13.4. The van der Waals surface area contributed by atoms with Crippen LogP contribution in [0, 0.1) is 0 Å². The Morgan fingerprint density at radius 1 is 1.29 bits per heavy atom. The normalized spacial score (nSPS) is 14.8. The van der Waals surface area contributed by atoms with Crippen LogP contribution in [0.2, 0.25) is 0 Å². The molecule has 1 aromatic carbocycles. The van der Waals surface area contributed by atoms with Gasteiger partial charge in [-0.05, 0) is 31.0 Å². The minimum absolute atomic E-state index is 0.198. The molecule has 0 fully saturated rings. The zero-order valence-electron chi connectivity index (χ0n) is 11.6. The average molecular weight is 285 g/mol. The fourth-order valence-electron chi connectivity index (χ4n) is 2.47. The van der Waals surface area contributed by atoms with Gasteiger partial charge < -0.3 is 10.0 Å². The number of hydrogen-bond donors (Lipinski definition) is 1. The maximum absolute atomic E-state index is 12.5. The van der Waals surface area contributed by atoms with Crippen molar-refractivity contribution in [2.24, 2.45) is 0 Å². The van der Waals surface area contributed by atoms with Gasteiger partial charge in [0.25, 0.3) is 5.91 Å². The summed E-state index contributed by atoms with van der Waals surface area (Å²) in [5.74, 6) is -1.18. The highest BCUT2D eigenvalue weighted by atomic mass is 16.4. The Morgan fingerprint density at radius 2 is 2.05 bits per heavy atom. The zero-order chi connectivity index (χ0) is 15.0. The molecule has 0 saturated carbocycles. The summed E-state index contributed by atoms with van der Waals surface area (Å²) < 4.78 is 1.29. The number of rotatable bonds is 3. The van der Waals surface area contributed by atoms with Gasteiger partial charge in [-0.25, -0.2) is 4.79 Å². The molecule has 1 aliphatic rings. The fourth-order valence-corrected chi connectivity index (χ4v) is 2.47. The molecule has 0 spiro atoms. The summed E-state index contributed by atoms with van der Waals surface area (Å²) in [4.78, 5) is 25.1. The summed E-state index contributed by atoms with van der Waals surface area (Å²) in [6.07, 6.45) is 2.35. The van der Waals surface area contributed by atoms with Crippen LogP contribution in [0.25, 0.3) is 0 Å². The van der Waals surface area contributed by atoms with Crippen LogP contribution in [0.15, 0.2) is 36.5 Å².